The number of rotatable bonds is 18. The van der Waals surface area contributed by atoms with Gasteiger partial charge in [-0.05, 0) is 61.8 Å². The van der Waals surface area contributed by atoms with Gasteiger partial charge < -0.3 is 14.4 Å². The van der Waals surface area contributed by atoms with Crippen molar-refractivity contribution in [2.45, 2.75) is 0 Å². The largest absolute Gasteiger partial charge is 1.00 e. The Bertz CT molecular complexity index is 1750. The minimum Gasteiger partial charge on any atom is -0.811 e. The number of hydrogen-bond donors (Lipinski definition) is 0. The molecule has 0 saturated carbocycles. The Morgan fingerprint density at radius 3 is 0.833 bits per heavy atom. The Labute approximate surface area is 369 Å². The number of hydrogen-bond acceptors (Lipinski definition) is 5. The quantitative estimate of drug-likeness (QED) is 0.0890. The molecule has 0 saturated heterocycles. The number of benzene rings is 6. The molecule has 6 rings (SSSR count). The molecule has 0 amide bonds. The topological polar surface area (TPSA) is 69.7 Å². The summed E-state index contributed by atoms with van der Waals surface area (Å²) in [5, 5.41) is 7.75. The minimum absolute atomic E-state index is 0. The second kappa shape index (κ2) is 23.8. The molecule has 266 valence electrons. The van der Waals surface area contributed by atoms with Crippen LogP contribution in [0.5, 0.6) is 0 Å². The molecule has 0 aliphatic rings. The van der Waals surface area contributed by atoms with Crippen molar-refractivity contribution in [3.05, 3.63) is 182 Å². The molecule has 11 heteroatoms. The van der Waals surface area contributed by atoms with Crippen LogP contribution in [0.1, 0.15) is 0 Å². The monoisotopic (exact) mass is 806 g/mol. The van der Waals surface area contributed by atoms with Gasteiger partial charge in [-0.2, -0.15) is 0 Å². The van der Waals surface area contributed by atoms with Crippen molar-refractivity contribution in [3.63, 3.8) is 0 Å². The summed E-state index contributed by atoms with van der Waals surface area (Å²) in [5.74, 6) is 0. The van der Waals surface area contributed by atoms with Crippen molar-refractivity contribution >= 4 is 63.2 Å². The van der Waals surface area contributed by atoms with Gasteiger partial charge in [-0.25, -0.2) is 0 Å². The van der Waals surface area contributed by atoms with Crippen molar-refractivity contribution in [1.82, 2.24) is 9.80 Å². The fourth-order valence-corrected chi connectivity index (χ4v) is 13.9. The second-order valence-electron chi connectivity index (χ2n) is 12.6. The van der Waals surface area contributed by atoms with E-state index in [1.54, 1.807) is 0 Å². The Morgan fingerprint density at radius 2 is 0.593 bits per heavy atom. The summed E-state index contributed by atoms with van der Waals surface area (Å²) in [5.41, 5.74) is 0. The van der Waals surface area contributed by atoms with Crippen molar-refractivity contribution in [1.29, 1.82) is 0 Å². The molecule has 0 aliphatic carbocycles. The fraction of sp³-hybridized carbons (Fsp3) is 0.163. The molecule has 5 nitrogen and oxygen atoms in total. The van der Waals surface area contributed by atoms with Gasteiger partial charge in [0.05, 0.1) is 0 Å². The van der Waals surface area contributed by atoms with E-state index in [1.165, 1.54) is 31.8 Å². The maximum atomic E-state index is 12.1. The van der Waals surface area contributed by atoms with Crippen LogP contribution in [0.25, 0.3) is 0 Å². The van der Waals surface area contributed by atoms with Crippen LogP contribution >= 0.6 is 31.4 Å². The van der Waals surface area contributed by atoms with Gasteiger partial charge in [-0.1, -0.05) is 190 Å². The summed E-state index contributed by atoms with van der Waals surface area (Å²) in [6.45, 7) is 1.57. The van der Waals surface area contributed by atoms with Crippen molar-refractivity contribution in [2.75, 3.05) is 44.7 Å². The van der Waals surface area contributed by atoms with Crippen LogP contribution in [0.2, 0.25) is 0 Å². The average Bonchev–Trinajstić information content (AvgIpc) is 3.20. The number of nitrogens with zero attached hydrogens (tertiary/aromatic N) is 2. The normalized spacial score (nSPS) is 11.5. The summed E-state index contributed by atoms with van der Waals surface area (Å²) in [6.07, 6.45) is 1.98. The molecule has 0 aromatic heterocycles. The molecule has 0 bridgehead atoms. The SMILES string of the molecule is O=P([O-])([O-])CCN(CCN(CP(c1ccccc1)c1ccccc1)CP(c1ccccc1)c1ccccc1)CP(c1ccccc1)c1ccccc1.[Na+].[Na+]. The Hall–Kier alpha value is -1.32. The van der Waals surface area contributed by atoms with E-state index in [1.807, 2.05) is 12.1 Å². The van der Waals surface area contributed by atoms with Crippen molar-refractivity contribution in [3.8, 4) is 0 Å². The van der Waals surface area contributed by atoms with Crippen LogP contribution in [0.4, 0.5) is 0 Å². The van der Waals surface area contributed by atoms with Gasteiger partial charge in [-0.3, -0.25) is 9.80 Å². The molecule has 0 fully saturated rings. The van der Waals surface area contributed by atoms with Crippen LogP contribution in [0.3, 0.4) is 0 Å². The molecular formula is C43H44N2Na2O3P4. The zero-order valence-electron chi connectivity index (χ0n) is 31.2. The molecule has 0 unspecified atom stereocenters. The van der Waals surface area contributed by atoms with Gasteiger partial charge in [0.2, 0.25) is 0 Å². The van der Waals surface area contributed by atoms with E-state index in [0.29, 0.717) is 12.8 Å². The molecule has 0 N–H and O–H groups in total. The van der Waals surface area contributed by atoms with Crippen LogP contribution < -0.4 is 101 Å². The molecule has 6 aromatic rings. The smallest absolute Gasteiger partial charge is 0.811 e. The summed E-state index contributed by atoms with van der Waals surface area (Å²) >= 11 is 0. The summed E-state index contributed by atoms with van der Waals surface area (Å²) < 4.78 is 12.1. The first-order chi connectivity index (χ1) is 25.4. The molecule has 54 heavy (non-hydrogen) atoms. The summed E-state index contributed by atoms with van der Waals surface area (Å²) in [6, 6.07) is 64.2. The van der Waals surface area contributed by atoms with Crippen LogP contribution in [-0.4, -0.2) is 54.5 Å². The third-order valence-corrected chi connectivity index (χ3v) is 17.2. The van der Waals surface area contributed by atoms with Crippen LogP contribution in [-0.2, 0) is 4.57 Å². The van der Waals surface area contributed by atoms with Gasteiger partial charge in [0, 0.05) is 38.5 Å². The predicted molar refractivity (Wildman–Crippen MR) is 223 cm³/mol. The van der Waals surface area contributed by atoms with Gasteiger partial charge in [-0.15, -0.1) is 0 Å². The maximum Gasteiger partial charge on any atom is 1.00 e. The van der Waals surface area contributed by atoms with Gasteiger partial charge in [0.15, 0.2) is 0 Å². The van der Waals surface area contributed by atoms with E-state index in [-0.39, 0.29) is 71.8 Å². The van der Waals surface area contributed by atoms with E-state index >= 15 is 0 Å². The van der Waals surface area contributed by atoms with E-state index in [4.69, 9.17) is 0 Å². The first-order valence-electron chi connectivity index (χ1n) is 17.5. The van der Waals surface area contributed by atoms with Gasteiger partial charge in [0.25, 0.3) is 0 Å². The van der Waals surface area contributed by atoms with Crippen molar-refractivity contribution in [2.24, 2.45) is 0 Å². The summed E-state index contributed by atoms with van der Waals surface area (Å²) in [7, 11) is -6.98. The minimum atomic E-state index is -4.70. The molecule has 0 radical (unpaired) electrons. The standard InChI is InChI=1S/C43H46N2O3P4.2Na/c46-52(47,48)34-33-44(35-49(38-19-7-1-8-20-38)39-21-9-2-10-22-39)31-32-45(36-50(40-23-11-3-12-24-40)41-25-13-4-14-26-41)37-51(42-27-15-5-16-28-42)43-29-17-6-18-30-43;;/h1-30H,31-37H2,(H2,46,47,48);;/q;2*+1/p-2. The van der Waals surface area contributed by atoms with E-state index < -0.39 is 31.4 Å². The zero-order valence-corrected chi connectivity index (χ0v) is 38.8. The van der Waals surface area contributed by atoms with Gasteiger partial charge >= 0.3 is 59.1 Å². The molecule has 0 heterocycles. The van der Waals surface area contributed by atoms with E-state index in [2.05, 4.69) is 180 Å². The molecule has 0 spiro atoms. The van der Waals surface area contributed by atoms with Gasteiger partial charge in [0.1, 0.15) is 0 Å². The predicted octanol–water partition coefficient (Wildman–Crippen LogP) is -0.217. The molecular weight excluding hydrogens is 762 g/mol. The van der Waals surface area contributed by atoms with E-state index in [9.17, 15) is 14.4 Å². The zero-order chi connectivity index (χ0) is 36.0. The van der Waals surface area contributed by atoms with Crippen LogP contribution in [0, 0.1) is 0 Å². The average molecular weight is 807 g/mol. The first-order valence-corrected chi connectivity index (χ1v) is 23.8. The Morgan fingerprint density at radius 1 is 0.370 bits per heavy atom. The maximum absolute atomic E-state index is 12.1. The summed E-state index contributed by atoms with van der Waals surface area (Å²) in [4.78, 5) is 29.0. The third kappa shape index (κ3) is 14.3. The molecule has 0 aliphatic heterocycles. The first kappa shape index (κ1) is 45.4. The second-order valence-corrected chi connectivity index (χ2v) is 20.8. The fourth-order valence-electron chi connectivity index (χ4n) is 6.17. The Kier molecular flexibility index (Phi) is 20.0. The molecule has 6 aromatic carbocycles. The third-order valence-electron chi connectivity index (χ3n) is 8.85. The van der Waals surface area contributed by atoms with Crippen LogP contribution in [0.15, 0.2) is 182 Å². The molecule has 0 atom stereocenters. The van der Waals surface area contributed by atoms with E-state index in [0.717, 1.165) is 19.1 Å². The Balaban J connectivity index is 0.00000325. The van der Waals surface area contributed by atoms with Crippen molar-refractivity contribution < 1.29 is 73.5 Å².